The predicted octanol–water partition coefficient (Wildman–Crippen LogP) is 4.29. The number of nitrogens with one attached hydrogen (secondary N) is 1. The van der Waals surface area contributed by atoms with Crippen LogP contribution in [0.3, 0.4) is 0 Å². The highest BCUT2D eigenvalue weighted by Crippen LogP contribution is 2.38. The van der Waals surface area contributed by atoms with E-state index in [0.29, 0.717) is 40.5 Å². The number of rotatable bonds is 7. The van der Waals surface area contributed by atoms with Gasteiger partial charge >= 0.3 is 0 Å². The minimum atomic E-state index is -3.20. The summed E-state index contributed by atoms with van der Waals surface area (Å²) >= 11 is 0. The first-order valence-corrected chi connectivity index (χ1v) is 14.0. The van der Waals surface area contributed by atoms with Crippen LogP contribution in [0.2, 0.25) is 0 Å². The number of alkyl halides is 2. The summed E-state index contributed by atoms with van der Waals surface area (Å²) in [5.74, 6) is -3.82. The lowest BCUT2D eigenvalue weighted by Gasteiger charge is -2.42. The molecule has 4 aromatic rings. The van der Waals surface area contributed by atoms with Gasteiger partial charge in [-0.25, -0.2) is 0 Å². The Morgan fingerprint density at radius 3 is 2.49 bits per heavy atom. The third-order valence-corrected chi connectivity index (χ3v) is 7.68. The Balaban J connectivity index is 1.43. The lowest BCUT2D eigenvalue weighted by atomic mass is 9.99. The first-order valence-electron chi connectivity index (χ1n) is 13.0. The highest BCUT2D eigenvalue weighted by Gasteiger charge is 2.42. The Bertz CT molecular complexity index is 1660. The molecule has 1 aliphatic rings. The first kappa shape index (κ1) is 27.7. The second kappa shape index (κ2) is 10.6. The highest BCUT2D eigenvalue weighted by molar-refractivity contribution is 6.25. The number of nitrogens with zero attached hydrogens (tertiary/aromatic N) is 4. The Hall–Kier alpha value is -4.82. The van der Waals surface area contributed by atoms with Crippen LogP contribution in [0.1, 0.15) is 51.4 Å². The fourth-order valence-electron chi connectivity index (χ4n) is 4.99. The number of hydrogen-bond donors (Lipinski definition) is 1. The second-order valence-electron chi connectivity index (χ2n) is 10.2. The molecule has 1 aliphatic heterocycles. The highest BCUT2D eigenvalue weighted by atomic mass is 28.1. The van der Waals surface area contributed by atoms with Gasteiger partial charge in [0.15, 0.2) is 0 Å². The molecule has 41 heavy (non-hydrogen) atoms. The summed E-state index contributed by atoms with van der Waals surface area (Å²) in [6, 6.07) is 20.0. The van der Waals surface area contributed by atoms with Crippen LogP contribution in [0.15, 0.2) is 79.0 Å². The number of aromatic nitrogens is 2. The van der Waals surface area contributed by atoms with Gasteiger partial charge in [-0.05, 0) is 44.2 Å². The molecule has 2 amide bonds. The maximum atomic E-state index is 15.1. The molecule has 0 radical (unpaired) electrons. The Labute approximate surface area is 238 Å². The third kappa shape index (κ3) is 5.09. The molecule has 2 heterocycles. The van der Waals surface area contributed by atoms with E-state index in [9.17, 15) is 14.9 Å². The molecule has 208 valence electrons. The number of benzene rings is 3. The van der Waals surface area contributed by atoms with Gasteiger partial charge in [-0.15, -0.1) is 0 Å². The van der Waals surface area contributed by atoms with Gasteiger partial charge in [0.05, 0.1) is 30.5 Å². The number of hydrogen-bond acceptors (Lipinski definition) is 5. The molecule has 5 rings (SSSR count). The second-order valence-corrected chi connectivity index (χ2v) is 12.4. The van der Waals surface area contributed by atoms with Gasteiger partial charge in [-0.3, -0.25) is 14.3 Å². The van der Waals surface area contributed by atoms with Crippen molar-refractivity contribution in [1.29, 1.82) is 5.26 Å². The number of carbonyl (C=O) groups excluding carboxylic acids is 2. The van der Waals surface area contributed by atoms with Crippen molar-refractivity contribution in [3.63, 3.8) is 0 Å². The largest absolute Gasteiger partial charge is 0.492 e. The van der Waals surface area contributed by atoms with Crippen molar-refractivity contribution in [3.05, 3.63) is 107 Å². The van der Waals surface area contributed by atoms with Crippen molar-refractivity contribution in [2.75, 3.05) is 16.8 Å². The molecule has 0 fully saturated rings. The van der Waals surface area contributed by atoms with Crippen molar-refractivity contribution >= 4 is 33.4 Å². The van der Waals surface area contributed by atoms with E-state index >= 15 is 8.78 Å². The number of nitriles is 1. The summed E-state index contributed by atoms with van der Waals surface area (Å²) in [4.78, 5) is 28.7. The molecular formula is C30H27F2N5O3Si. The molecular weight excluding hydrogens is 544 g/mol. The van der Waals surface area contributed by atoms with E-state index < -0.39 is 22.9 Å². The van der Waals surface area contributed by atoms with Crippen molar-refractivity contribution in [2.24, 2.45) is 0 Å². The Kier molecular flexibility index (Phi) is 7.19. The van der Waals surface area contributed by atoms with Crippen molar-refractivity contribution in [2.45, 2.75) is 31.5 Å². The van der Waals surface area contributed by atoms with Crippen molar-refractivity contribution in [3.8, 4) is 11.8 Å². The molecule has 0 bridgehead atoms. The van der Waals surface area contributed by atoms with E-state index in [4.69, 9.17) is 4.74 Å². The van der Waals surface area contributed by atoms with E-state index in [-0.39, 0.29) is 27.9 Å². The van der Waals surface area contributed by atoms with Gasteiger partial charge < -0.3 is 15.0 Å². The van der Waals surface area contributed by atoms with Gasteiger partial charge in [0, 0.05) is 37.9 Å². The molecule has 3 aromatic carbocycles. The zero-order valence-electron chi connectivity index (χ0n) is 22.7. The summed E-state index contributed by atoms with van der Waals surface area (Å²) < 4.78 is 37.2. The first-order chi connectivity index (χ1) is 19.6. The monoisotopic (exact) mass is 571 g/mol. The van der Waals surface area contributed by atoms with Crippen LogP contribution in [0.4, 0.5) is 20.2 Å². The average molecular weight is 572 g/mol. The number of amides is 2. The third-order valence-electron chi connectivity index (χ3n) is 6.91. The summed E-state index contributed by atoms with van der Waals surface area (Å²) in [5.41, 5.74) is 0.921. The van der Waals surface area contributed by atoms with Crippen molar-refractivity contribution < 1.29 is 23.1 Å². The van der Waals surface area contributed by atoms with Gasteiger partial charge in [0.1, 0.15) is 17.5 Å². The predicted molar refractivity (Wildman–Crippen MR) is 154 cm³/mol. The lowest BCUT2D eigenvalue weighted by Crippen LogP contribution is -2.58. The molecule has 0 saturated heterocycles. The fraction of sp³-hybridized carbons (Fsp3) is 0.200. The van der Waals surface area contributed by atoms with Crippen LogP contribution in [-0.4, -0.2) is 43.6 Å². The molecule has 1 N–H and O–H groups in total. The van der Waals surface area contributed by atoms with E-state index in [0.717, 1.165) is 0 Å². The zero-order chi connectivity index (χ0) is 29.4. The molecule has 8 nitrogen and oxygen atoms in total. The van der Waals surface area contributed by atoms with Crippen LogP contribution < -0.4 is 15.0 Å². The van der Waals surface area contributed by atoms with E-state index in [2.05, 4.69) is 10.4 Å². The summed E-state index contributed by atoms with van der Waals surface area (Å²) in [6.45, 7) is 4.42. The normalized spacial score (nSPS) is 16.7. The molecule has 0 saturated carbocycles. The van der Waals surface area contributed by atoms with E-state index in [1.165, 1.54) is 53.3 Å². The van der Waals surface area contributed by atoms with Crippen molar-refractivity contribution in [1.82, 2.24) is 9.78 Å². The maximum Gasteiger partial charge on any atom is 0.298 e. The van der Waals surface area contributed by atoms with Gasteiger partial charge in [-0.1, -0.05) is 42.5 Å². The smallest absolute Gasteiger partial charge is 0.298 e. The Morgan fingerprint density at radius 1 is 1.15 bits per heavy atom. The summed E-state index contributed by atoms with van der Waals surface area (Å²) in [6.07, 6.45) is 1.34. The standard InChI is InChI=1S/C30H27F2N5O3Si/c1-3-40-25-14-11-22(15-19(25)16-33)35-27(38)24-17-34-36-18-29(2,41)37(28(39)26(24)36)23-12-9-21(10-13-23)30(31,32)20-7-5-4-6-8-20/h4-15,17H,3,18H2,1-2,41H3,(H,35,38)/t29-/m0/s1. The molecule has 1 aromatic heterocycles. The minimum Gasteiger partial charge on any atom is -0.492 e. The molecule has 11 heteroatoms. The quantitative estimate of drug-likeness (QED) is 0.334. The van der Waals surface area contributed by atoms with E-state index in [1.54, 1.807) is 42.2 Å². The van der Waals surface area contributed by atoms with Crippen LogP contribution in [0.5, 0.6) is 5.75 Å². The average Bonchev–Trinajstić information content (AvgIpc) is 3.38. The maximum absolute atomic E-state index is 15.1. The number of halogens is 2. The number of carbonyl (C=O) groups is 2. The van der Waals surface area contributed by atoms with Crippen LogP contribution >= 0.6 is 0 Å². The van der Waals surface area contributed by atoms with Crippen LogP contribution in [0, 0.1) is 11.3 Å². The topological polar surface area (TPSA) is 100 Å². The fourth-order valence-corrected chi connectivity index (χ4v) is 5.75. The van der Waals surface area contributed by atoms with Gasteiger partial charge in [-0.2, -0.15) is 19.1 Å². The van der Waals surface area contributed by atoms with Crippen LogP contribution in [0.25, 0.3) is 0 Å². The Morgan fingerprint density at radius 2 is 1.83 bits per heavy atom. The SMILES string of the molecule is CCOc1ccc(NC(=O)c2cnn3c2C(=O)N(c2ccc(C(F)(F)c4ccccc4)cc2)[C@@](C)([SiH3])C3)cc1C#N. The number of ether oxygens (including phenoxy) is 1. The summed E-state index contributed by atoms with van der Waals surface area (Å²) in [7, 11) is 0.542. The molecule has 0 aliphatic carbocycles. The van der Waals surface area contributed by atoms with Gasteiger partial charge in [0.2, 0.25) is 0 Å². The van der Waals surface area contributed by atoms with E-state index in [1.807, 2.05) is 13.0 Å². The molecule has 0 unspecified atom stereocenters. The molecule has 0 spiro atoms. The zero-order valence-corrected chi connectivity index (χ0v) is 24.7. The summed E-state index contributed by atoms with van der Waals surface area (Å²) in [5, 5.41) is 15.8. The van der Waals surface area contributed by atoms with Crippen LogP contribution in [-0.2, 0) is 12.5 Å². The minimum absolute atomic E-state index is 0.0665. The number of anilines is 2. The molecule has 1 atom stereocenters. The number of fused-ring (bicyclic) bond motifs is 1. The lowest BCUT2D eigenvalue weighted by molar-refractivity contribution is 0.0428. The van der Waals surface area contributed by atoms with Gasteiger partial charge in [0.25, 0.3) is 17.7 Å².